The van der Waals surface area contributed by atoms with E-state index in [2.05, 4.69) is 0 Å². The normalized spacial score (nSPS) is 39.8. The SMILES string of the molecule is CS(=O)(=O)CC12CC1CCC2=O. The van der Waals surface area contributed by atoms with Crippen LogP contribution in [0.3, 0.4) is 0 Å². The van der Waals surface area contributed by atoms with E-state index in [-0.39, 0.29) is 11.5 Å². The van der Waals surface area contributed by atoms with E-state index in [0.717, 1.165) is 12.8 Å². The zero-order valence-electron chi connectivity index (χ0n) is 7.04. The number of rotatable bonds is 2. The van der Waals surface area contributed by atoms with Crippen molar-refractivity contribution in [2.75, 3.05) is 12.0 Å². The number of carbonyl (C=O) groups excluding carboxylic acids is 1. The molecule has 2 rings (SSSR count). The lowest BCUT2D eigenvalue weighted by molar-refractivity contribution is -0.122. The summed E-state index contributed by atoms with van der Waals surface area (Å²) in [7, 11) is -2.98. The quantitative estimate of drug-likeness (QED) is 0.630. The van der Waals surface area contributed by atoms with Crippen LogP contribution in [0, 0.1) is 11.3 Å². The van der Waals surface area contributed by atoms with E-state index in [1.807, 2.05) is 0 Å². The van der Waals surface area contributed by atoms with E-state index in [9.17, 15) is 13.2 Å². The maximum absolute atomic E-state index is 11.4. The zero-order valence-corrected chi connectivity index (χ0v) is 7.86. The van der Waals surface area contributed by atoms with Crippen LogP contribution in [0.4, 0.5) is 0 Å². The van der Waals surface area contributed by atoms with Crippen LogP contribution in [0.1, 0.15) is 19.3 Å². The highest BCUT2D eigenvalue weighted by Gasteiger charge is 2.63. The van der Waals surface area contributed by atoms with Gasteiger partial charge in [0.25, 0.3) is 0 Å². The van der Waals surface area contributed by atoms with Gasteiger partial charge in [-0.3, -0.25) is 4.79 Å². The Hall–Kier alpha value is -0.380. The molecule has 2 saturated carbocycles. The fourth-order valence-corrected chi connectivity index (χ4v) is 3.83. The molecule has 0 aromatic rings. The van der Waals surface area contributed by atoms with Crippen molar-refractivity contribution in [3.05, 3.63) is 0 Å². The van der Waals surface area contributed by atoms with Gasteiger partial charge < -0.3 is 0 Å². The van der Waals surface area contributed by atoms with Gasteiger partial charge in [-0.15, -0.1) is 0 Å². The van der Waals surface area contributed by atoms with E-state index in [4.69, 9.17) is 0 Å². The molecule has 2 aliphatic carbocycles. The van der Waals surface area contributed by atoms with Crippen molar-refractivity contribution in [2.45, 2.75) is 19.3 Å². The molecular weight excluding hydrogens is 176 g/mol. The van der Waals surface area contributed by atoms with Gasteiger partial charge in [0.15, 0.2) is 0 Å². The molecule has 0 aliphatic heterocycles. The largest absolute Gasteiger partial charge is 0.299 e. The van der Waals surface area contributed by atoms with Crippen molar-refractivity contribution in [3.8, 4) is 0 Å². The summed E-state index contributed by atoms with van der Waals surface area (Å²) < 4.78 is 22.0. The summed E-state index contributed by atoms with van der Waals surface area (Å²) in [5.41, 5.74) is -0.423. The van der Waals surface area contributed by atoms with Gasteiger partial charge in [0.2, 0.25) is 0 Å². The van der Waals surface area contributed by atoms with Crippen LogP contribution in [0.2, 0.25) is 0 Å². The van der Waals surface area contributed by atoms with Crippen LogP contribution in [-0.2, 0) is 14.6 Å². The highest BCUT2D eigenvalue weighted by Crippen LogP contribution is 2.61. The minimum absolute atomic E-state index is 0.0868. The van der Waals surface area contributed by atoms with Crippen LogP contribution in [0.5, 0.6) is 0 Å². The molecule has 0 heterocycles. The third-order valence-electron chi connectivity index (χ3n) is 3.03. The predicted octanol–water partition coefficient (Wildman–Crippen LogP) is 0.400. The summed E-state index contributed by atoms with van der Waals surface area (Å²) >= 11 is 0. The highest BCUT2D eigenvalue weighted by molar-refractivity contribution is 7.90. The van der Waals surface area contributed by atoms with Crippen molar-refractivity contribution < 1.29 is 13.2 Å². The van der Waals surface area contributed by atoms with Gasteiger partial charge in [-0.2, -0.15) is 0 Å². The van der Waals surface area contributed by atoms with Gasteiger partial charge in [0, 0.05) is 18.1 Å². The molecule has 2 unspecified atom stereocenters. The molecule has 0 aromatic carbocycles. The van der Waals surface area contributed by atoms with E-state index in [1.54, 1.807) is 0 Å². The first kappa shape index (κ1) is 8.23. The minimum Gasteiger partial charge on any atom is -0.299 e. The summed E-state index contributed by atoms with van der Waals surface area (Å²) in [6.07, 6.45) is 3.54. The van der Waals surface area contributed by atoms with Gasteiger partial charge in [0.05, 0.1) is 5.75 Å². The zero-order chi connectivity index (χ0) is 8.98. The summed E-state index contributed by atoms with van der Waals surface area (Å²) in [5.74, 6) is 0.654. The van der Waals surface area contributed by atoms with E-state index in [1.165, 1.54) is 6.26 Å². The number of hydrogen-bond acceptors (Lipinski definition) is 3. The fourth-order valence-electron chi connectivity index (χ4n) is 2.38. The van der Waals surface area contributed by atoms with Gasteiger partial charge >= 0.3 is 0 Å². The lowest BCUT2D eigenvalue weighted by Crippen LogP contribution is -2.22. The van der Waals surface area contributed by atoms with Gasteiger partial charge in [-0.1, -0.05) is 0 Å². The van der Waals surface area contributed by atoms with Crippen molar-refractivity contribution in [1.82, 2.24) is 0 Å². The Bertz CT molecular complexity index is 330. The average molecular weight is 188 g/mol. The molecule has 0 aromatic heterocycles. The monoisotopic (exact) mass is 188 g/mol. The lowest BCUT2D eigenvalue weighted by Gasteiger charge is -2.07. The molecule has 0 N–H and O–H groups in total. The van der Waals surface area contributed by atoms with Crippen LogP contribution in [0.25, 0.3) is 0 Å². The molecule has 68 valence electrons. The highest BCUT2D eigenvalue weighted by atomic mass is 32.2. The van der Waals surface area contributed by atoms with E-state index in [0.29, 0.717) is 12.3 Å². The molecule has 0 spiro atoms. The number of ketones is 1. The topological polar surface area (TPSA) is 51.2 Å². The number of fused-ring (bicyclic) bond motifs is 1. The molecule has 0 bridgehead atoms. The number of carbonyl (C=O) groups is 1. The van der Waals surface area contributed by atoms with Crippen LogP contribution >= 0.6 is 0 Å². The molecule has 0 radical (unpaired) electrons. The Morgan fingerprint density at radius 3 is 2.58 bits per heavy atom. The first-order valence-electron chi connectivity index (χ1n) is 4.15. The van der Waals surface area contributed by atoms with Crippen molar-refractivity contribution in [2.24, 2.45) is 11.3 Å². The first-order chi connectivity index (χ1) is 5.44. The van der Waals surface area contributed by atoms with Crippen molar-refractivity contribution in [1.29, 1.82) is 0 Å². The van der Waals surface area contributed by atoms with Gasteiger partial charge in [-0.25, -0.2) is 8.42 Å². The lowest BCUT2D eigenvalue weighted by atomic mass is 10.1. The summed E-state index contributed by atoms with van der Waals surface area (Å²) in [6, 6.07) is 0. The second-order valence-electron chi connectivity index (χ2n) is 4.09. The number of Topliss-reactive ketones (excluding diaryl/α,β-unsaturated/α-hetero) is 1. The van der Waals surface area contributed by atoms with Crippen LogP contribution < -0.4 is 0 Å². The molecular formula is C8H12O3S. The average Bonchev–Trinajstić information content (AvgIpc) is 2.48. The van der Waals surface area contributed by atoms with E-state index < -0.39 is 15.3 Å². The summed E-state index contributed by atoms with van der Waals surface area (Å²) in [5, 5.41) is 0. The Labute approximate surface area is 72.1 Å². The standard InChI is InChI=1S/C8H12O3S/c1-12(10,11)5-8-4-6(8)2-3-7(8)9/h6H,2-5H2,1H3. The van der Waals surface area contributed by atoms with Crippen molar-refractivity contribution >= 4 is 15.6 Å². The molecule has 12 heavy (non-hydrogen) atoms. The molecule has 2 aliphatic rings. The third-order valence-corrected chi connectivity index (χ3v) is 4.07. The second-order valence-corrected chi connectivity index (χ2v) is 6.23. The molecule has 2 atom stereocenters. The Balaban J connectivity index is 2.20. The Morgan fingerprint density at radius 2 is 2.25 bits per heavy atom. The van der Waals surface area contributed by atoms with Crippen LogP contribution in [-0.4, -0.2) is 26.2 Å². The van der Waals surface area contributed by atoms with E-state index >= 15 is 0 Å². The Morgan fingerprint density at radius 1 is 1.58 bits per heavy atom. The second kappa shape index (κ2) is 2.10. The summed E-state index contributed by atoms with van der Waals surface area (Å²) in [6.45, 7) is 0. The first-order valence-corrected chi connectivity index (χ1v) is 6.21. The smallest absolute Gasteiger partial charge is 0.148 e. The number of sulfone groups is 1. The van der Waals surface area contributed by atoms with Crippen LogP contribution in [0.15, 0.2) is 0 Å². The molecule has 0 saturated heterocycles. The maximum atomic E-state index is 11.4. The molecule has 0 amide bonds. The summed E-state index contributed by atoms with van der Waals surface area (Å²) in [4.78, 5) is 11.4. The predicted molar refractivity (Wildman–Crippen MR) is 44.5 cm³/mol. The minimum atomic E-state index is -2.98. The van der Waals surface area contributed by atoms with Gasteiger partial charge in [-0.05, 0) is 18.8 Å². The van der Waals surface area contributed by atoms with Crippen molar-refractivity contribution in [3.63, 3.8) is 0 Å². The molecule has 2 fully saturated rings. The Kier molecular flexibility index (Phi) is 1.44. The molecule has 3 nitrogen and oxygen atoms in total. The molecule has 4 heteroatoms. The number of hydrogen-bond donors (Lipinski definition) is 0. The van der Waals surface area contributed by atoms with Gasteiger partial charge in [0.1, 0.15) is 15.6 Å². The third kappa shape index (κ3) is 1.09. The maximum Gasteiger partial charge on any atom is 0.148 e. The fraction of sp³-hybridized carbons (Fsp3) is 0.875.